The molecule has 0 bridgehead atoms. The largest absolute Gasteiger partial charge is 0.491 e. The summed E-state index contributed by atoms with van der Waals surface area (Å²) in [6.07, 6.45) is 1.28. The number of rotatable bonds is 5. The second-order valence-electron chi connectivity index (χ2n) is 5.73. The van der Waals surface area contributed by atoms with Gasteiger partial charge in [-0.3, -0.25) is 4.79 Å². The molecule has 0 saturated carbocycles. The highest BCUT2D eigenvalue weighted by atomic mass is 35.5. The standard InChI is InChI=1S/C15H20Cl2N2O2/c1-15(9-18)6-7-19(10-15)13(20)5-8-21-12-4-2-3-11(16)14(12)17/h2-4H,5-10,18H2,1H3. The van der Waals surface area contributed by atoms with Crippen LogP contribution in [0.2, 0.25) is 10.0 Å². The van der Waals surface area contributed by atoms with Gasteiger partial charge in [-0.25, -0.2) is 0 Å². The molecule has 1 heterocycles. The van der Waals surface area contributed by atoms with E-state index in [1.54, 1.807) is 18.2 Å². The van der Waals surface area contributed by atoms with Crippen LogP contribution in [-0.4, -0.2) is 37.0 Å². The Morgan fingerprint density at radius 3 is 2.90 bits per heavy atom. The summed E-state index contributed by atoms with van der Waals surface area (Å²) in [7, 11) is 0. The van der Waals surface area contributed by atoms with Crippen LogP contribution in [0, 0.1) is 5.41 Å². The normalized spacial score (nSPS) is 21.6. The maximum absolute atomic E-state index is 12.1. The third-order valence-electron chi connectivity index (χ3n) is 3.89. The summed E-state index contributed by atoms with van der Waals surface area (Å²) >= 11 is 11.9. The minimum Gasteiger partial charge on any atom is -0.491 e. The van der Waals surface area contributed by atoms with E-state index in [4.69, 9.17) is 33.7 Å². The first-order chi connectivity index (χ1) is 9.95. The van der Waals surface area contributed by atoms with Crippen LogP contribution >= 0.6 is 23.2 Å². The van der Waals surface area contributed by atoms with Crippen molar-refractivity contribution in [2.45, 2.75) is 19.8 Å². The predicted molar refractivity (Wildman–Crippen MR) is 84.9 cm³/mol. The predicted octanol–water partition coefficient (Wildman–Crippen LogP) is 2.96. The molecule has 0 radical (unpaired) electrons. The van der Waals surface area contributed by atoms with Crippen molar-refractivity contribution in [3.8, 4) is 5.75 Å². The lowest BCUT2D eigenvalue weighted by Gasteiger charge is -2.22. The molecule has 1 fully saturated rings. The Balaban J connectivity index is 1.81. The van der Waals surface area contributed by atoms with Crippen LogP contribution in [0.1, 0.15) is 19.8 Å². The van der Waals surface area contributed by atoms with E-state index in [0.29, 0.717) is 28.8 Å². The number of nitrogens with zero attached hydrogens (tertiary/aromatic N) is 1. The molecule has 0 aliphatic carbocycles. The number of amides is 1. The number of hydrogen-bond acceptors (Lipinski definition) is 3. The van der Waals surface area contributed by atoms with Crippen LogP contribution in [0.3, 0.4) is 0 Å². The van der Waals surface area contributed by atoms with Crippen molar-refractivity contribution in [2.75, 3.05) is 26.2 Å². The van der Waals surface area contributed by atoms with Gasteiger partial charge < -0.3 is 15.4 Å². The molecule has 1 atom stereocenters. The smallest absolute Gasteiger partial charge is 0.226 e. The lowest BCUT2D eigenvalue weighted by Crippen LogP contribution is -2.35. The van der Waals surface area contributed by atoms with E-state index in [-0.39, 0.29) is 17.9 Å². The first-order valence-corrected chi connectivity index (χ1v) is 7.75. The molecule has 0 aromatic heterocycles. The summed E-state index contributed by atoms with van der Waals surface area (Å²) in [6, 6.07) is 5.19. The topological polar surface area (TPSA) is 55.6 Å². The van der Waals surface area contributed by atoms with Crippen molar-refractivity contribution >= 4 is 29.1 Å². The van der Waals surface area contributed by atoms with Gasteiger partial charge in [0.15, 0.2) is 0 Å². The van der Waals surface area contributed by atoms with E-state index in [1.165, 1.54) is 0 Å². The van der Waals surface area contributed by atoms with Gasteiger partial charge in [0.05, 0.1) is 18.1 Å². The van der Waals surface area contributed by atoms with Crippen LogP contribution in [0.5, 0.6) is 5.75 Å². The molecule has 1 amide bonds. The minimum atomic E-state index is 0.0484. The summed E-state index contributed by atoms with van der Waals surface area (Å²) in [6.45, 7) is 4.49. The monoisotopic (exact) mass is 330 g/mol. The van der Waals surface area contributed by atoms with Gasteiger partial charge in [-0.1, -0.05) is 36.2 Å². The van der Waals surface area contributed by atoms with Crippen LogP contribution in [0.25, 0.3) is 0 Å². The summed E-state index contributed by atoms with van der Waals surface area (Å²) < 4.78 is 5.54. The highest BCUT2D eigenvalue weighted by molar-refractivity contribution is 6.42. The van der Waals surface area contributed by atoms with E-state index in [0.717, 1.165) is 19.5 Å². The zero-order valence-corrected chi connectivity index (χ0v) is 13.6. The van der Waals surface area contributed by atoms with Crippen molar-refractivity contribution in [1.29, 1.82) is 0 Å². The minimum absolute atomic E-state index is 0.0484. The van der Waals surface area contributed by atoms with Crippen molar-refractivity contribution < 1.29 is 9.53 Å². The Labute approximate surface area is 135 Å². The highest BCUT2D eigenvalue weighted by Crippen LogP contribution is 2.32. The molecule has 1 unspecified atom stereocenters. The number of carbonyl (C=O) groups excluding carboxylic acids is 1. The van der Waals surface area contributed by atoms with E-state index in [2.05, 4.69) is 6.92 Å². The molecule has 0 spiro atoms. The van der Waals surface area contributed by atoms with Crippen LogP contribution in [0.15, 0.2) is 18.2 Å². The maximum Gasteiger partial charge on any atom is 0.226 e. The molecule has 2 N–H and O–H groups in total. The highest BCUT2D eigenvalue weighted by Gasteiger charge is 2.34. The van der Waals surface area contributed by atoms with Crippen molar-refractivity contribution in [2.24, 2.45) is 11.1 Å². The van der Waals surface area contributed by atoms with Gasteiger partial charge >= 0.3 is 0 Å². The van der Waals surface area contributed by atoms with Crippen LogP contribution in [-0.2, 0) is 4.79 Å². The fourth-order valence-corrected chi connectivity index (χ4v) is 2.75. The Kier molecular flexibility index (Phi) is 5.36. The number of nitrogens with two attached hydrogens (primary N) is 1. The lowest BCUT2D eigenvalue weighted by atomic mass is 9.90. The number of ether oxygens (including phenoxy) is 1. The Hall–Kier alpha value is -0.970. The molecule has 21 heavy (non-hydrogen) atoms. The van der Waals surface area contributed by atoms with E-state index < -0.39 is 0 Å². The van der Waals surface area contributed by atoms with Crippen molar-refractivity contribution in [1.82, 2.24) is 4.90 Å². The van der Waals surface area contributed by atoms with Gasteiger partial charge in [-0.15, -0.1) is 0 Å². The number of hydrogen-bond donors (Lipinski definition) is 1. The van der Waals surface area contributed by atoms with Crippen molar-refractivity contribution in [3.63, 3.8) is 0 Å². The van der Waals surface area contributed by atoms with Gasteiger partial charge in [0.25, 0.3) is 0 Å². The van der Waals surface area contributed by atoms with E-state index >= 15 is 0 Å². The molecule has 1 aliphatic heterocycles. The SMILES string of the molecule is CC1(CN)CCN(C(=O)CCOc2cccc(Cl)c2Cl)C1. The second-order valence-corrected chi connectivity index (χ2v) is 6.52. The summed E-state index contributed by atoms with van der Waals surface area (Å²) in [5.41, 5.74) is 5.80. The van der Waals surface area contributed by atoms with Gasteiger partial charge in [0, 0.05) is 13.1 Å². The molecule has 1 aliphatic rings. The van der Waals surface area contributed by atoms with Gasteiger partial charge in [0.2, 0.25) is 5.91 Å². The molecule has 6 heteroatoms. The summed E-state index contributed by atoms with van der Waals surface area (Å²) in [5, 5.41) is 0.822. The first-order valence-electron chi connectivity index (χ1n) is 7.00. The van der Waals surface area contributed by atoms with E-state index in [1.807, 2.05) is 4.90 Å². The molecule has 1 saturated heterocycles. The first kappa shape index (κ1) is 16.4. The lowest BCUT2D eigenvalue weighted by molar-refractivity contribution is -0.131. The maximum atomic E-state index is 12.1. The molecule has 4 nitrogen and oxygen atoms in total. The average Bonchev–Trinajstić information content (AvgIpc) is 2.87. The fraction of sp³-hybridized carbons (Fsp3) is 0.533. The molecule has 2 rings (SSSR count). The zero-order valence-electron chi connectivity index (χ0n) is 12.1. The number of likely N-dealkylation sites (tertiary alicyclic amines) is 1. The molecular formula is C15H20Cl2N2O2. The Morgan fingerprint density at radius 1 is 1.48 bits per heavy atom. The Bertz CT molecular complexity index is 524. The molecule has 1 aromatic rings. The van der Waals surface area contributed by atoms with Gasteiger partial charge in [0.1, 0.15) is 10.8 Å². The number of halogens is 2. The number of benzene rings is 1. The van der Waals surface area contributed by atoms with Crippen molar-refractivity contribution in [3.05, 3.63) is 28.2 Å². The summed E-state index contributed by atoms with van der Waals surface area (Å²) in [5.74, 6) is 0.593. The van der Waals surface area contributed by atoms with Crippen LogP contribution < -0.4 is 10.5 Å². The second kappa shape index (κ2) is 6.86. The van der Waals surface area contributed by atoms with E-state index in [9.17, 15) is 4.79 Å². The zero-order chi connectivity index (χ0) is 15.5. The van der Waals surface area contributed by atoms with Gasteiger partial charge in [-0.2, -0.15) is 0 Å². The third kappa shape index (κ3) is 4.02. The quantitative estimate of drug-likeness (QED) is 0.902. The molecular weight excluding hydrogens is 311 g/mol. The van der Waals surface area contributed by atoms with Crippen LogP contribution in [0.4, 0.5) is 0 Å². The molecule has 116 valence electrons. The molecule has 1 aromatic carbocycles. The van der Waals surface area contributed by atoms with Gasteiger partial charge in [-0.05, 0) is 30.5 Å². The summed E-state index contributed by atoms with van der Waals surface area (Å²) in [4.78, 5) is 14.0. The fourth-order valence-electron chi connectivity index (χ4n) is 2.41. The number of carbonyl (C=O) groups is 1. The average molecular weight is 331 g/mol. The Morgan fingerprint density at radius 2 is 2.24 bits per heavy atom. The third-order valence-corrected chi connectivity index (χ3v) is 4.69.